The molecule has 1 spiro atoms. The zero-order valence-electron chi connectivity index (χ0n) is 16.7. The van der Waals surface area contributed by atoms with Gasteiger partial charge in [0, 0.05) is 31.7 Å². The van der Waals surface area contributed by atoms with Crippen molar-refractivity contribution < 1.29 is 19.1 Å². The van der Waals surface area contributed by atoms with Crippen LogP contribution in [0.5, 0.6) is 0 Å². The Bertz CT molecular complexity index is 942. The third kappa shape index (κ3) is 2.71. The van der Waals surface area contributed by atoms with Crippen LogP contribution in [0, 0.1) is 25.7 Å². The molecule has 7 nitrogen and oxygen atoms in total. The molecular formula is C22H25N3O4. The smallest absolute Gasteiger partial charge is 0.234 e. The first-order chi connectivity index (χ1) is 13.9. The predicted octanol–water partition coefficient (Wildman–Crippen LogP) is 0.938. The van der Waals surface area contributed by atoms with Gasteiger partial charge in [0.1, 0.15) is 5.60 Å². The molecule has 0 saturated carbocycles. The molecule has 4 atom stereocenters. The Kier molecular flexibility index (Phi) is 4.07. The molecular weight excluding hydrogens is 370 g/mol. The average molecular weight is 395 g/mol. The Balaban J connectivity index is 1.44. The van der Waals surface area contributed by atoms with Gasteiger partial charge in [-0.25, -0.2) is 0 Å². The van der Waals surface area contributed by atoms with Crippen LogP contribution in [0.4, 0.5) is 5.69 Å². The van der Waals surface area contributed by atoms with E-state index >= 15 is 0 Å². The van der Waals surface area contributed by atoms with Crippen molar-refractivity contribution in [3.05, 3.63) is 41.5 Å². The van der Waals surface area contributed by atoms with Crippen LogP contribution in [0.15, 0.2) is 30.4 Å². The molecule has 1 aromatic carbocycles. The number of carbonyl (C=O) groups excluding carboxylic acids is 3. The van der Waals surface area contributed by atoms with Crippen LogP contribution in [0.3, 0.4) is 0 Å². The fourth-order valence-corrected chi connectivity index (χ4v) is 5.09. The Hall–Kier alpha value is -2.67. The van der Waals surface area contributed by atoms with Gasteiger partial charge in [-0.15, -0.1) is 0 Å². The largest absolute Gasteiger partial charge is 0.360 e. The number of fused-ring (bicyclic) bond motifs is 1. The van der Waals surface area contributed by atoms with Crippen LogP contribution < -0.4 is 10.2 Å². The molecule has 2 unspecified atom stereocenters. The Morgan fingerprint density at radius 3 is 2.83 bits per heavy atom. The third-order valence-corrected chi connectivity index (χ3v) is 6.81. The second-order valence-electron chi connectivity index (χ2n) is 8.52. The van der Waals surface area contributed by atoms with Crippen molar-refractivity contribution in [1.82, 2.24) is 10.2 Å². The van der Waals surface area contributed by atoms with E-state index in [2.05, 4.69) is 5.32 Å². The number of aryl methyl sites for hydroxylation is 2. The predicted molar refractivity (Wildman–Crippen MR) is 106 cm³/mol. The Morgan fingerprint density at radius 2 is 2.03 bits per heavy atom. The van der Waals surface area contributed by atoms with Gasteiger partial charge in [0.2, 0.25) is 17.7 Å². The maximum Gasteiger partial charge on any atom is 0.234 e. The minimum Gasteiger partial charge on any atom is -0.360 e. The molecule has 3 fully saturated rings. The molecule has 29 heavy (non-hydrogen) atoms. The first-order valence-electron chi connectivity index (χ1n) is 10.2. The fraction of sp³-hybridized carbons (Fsp3) is 0.500. The highest BCUT2D eigenvalue weighted by Gasteiger charge is 2.67. The molecule has 0 aliphatic carbocycles. The normalized spacial score (nSPS) is 33.1. The van der Waals surface area contributed by atoms with E-state index in [9.17, 15) is 14.4 Å². The first-order valence-corrected chi connectivity index (χ1v) is 10.2. The van der Waals surface area contributed by atoms with E-state index in [0.29, 0.717) is 32.6 Å². The summed E-state index contributed by atoms with van der Waals surface area (Å²) in [7, 11) is 0. The van der Waals surface area contributed by atoms with E-state index in [0.717, 1.165) is 11.3 Å². The summed E-state index contributed by atoms with van der Waals surface area (Å²) in [5, 5.41) is 2.79. The van der Waals surface area contributed by atoms with E-state index < -0.39 is 17.4 Å². The Labute approximate surface area is 169 Å². The van der Waals surface area contributed by atoms with Gasteiger partial charge in [-0.2, -0.15) is 0 Å². The highest BCUT2D eigenvalue weighted by Crippen LogP contribution is 2.53. The van der Waals surface area contributed by atoms with Crippen molar-refractivity contribution in [2.75, 3.05) is 31.1 Å². The molecule has 0 aromatic heterocycles. The maximum absolute atomic E-state index is 13.5. The first kappa shape index (κ1) is 18.4. The van der Waals surface area contributed by atoms with Crippen LogP contribution in [0.1, 0.15) is 17.5 Å². The molecule has 152 valence electrons. The number of anilines is 1. The minimum absolute atomic E-state index is 0.0429. The SMILES string of the molecule is Cc1ccc(N2C[C@]34C=C[C@H](O3)C(C(=O)N3CCNC(=O)CC3)C4C2=O)cc1C. The molecule has 1 N–H and O–H groups in total. The third-order valence-electron chi connectivity index (χ3n) is 6.81. The average Bonchev–Trinajstić information content (AvgIpc) is 3.28. The van der Waals surface area contributed by atoms with Crippen LogP contribution in [-0.2, 0) is 19.1 Å². The van der Waals surface area contributed by atoms with Crippen LogP contribution in [0.2, 0.25) is 0 Å². The summed E-state index contributed by atoms with van der Waals surface area (Å²) in [6, 6.07) is 5.99. The van der Waals surface area contributed by atoms with Gasteiger partial charge >= 0.3 is 0 Å². The van der Waals surface area contributed by atoms with Crippen LogP contribution in [-0.4, -0.2) is 60.5 Å². The number of amides is 3. The second kappa shape index (κ2) is 6.42. The van der Waals surface area contributed by atoms with Gasteiger partial charge in [0.05, 0.1) is 24.5 Å². The summed E-state index contributed by atoms with van der Waals surface area (Å²) in [5.41, 5.74) is 2.41. The molecule has 4 aliphatic rings. The van der Waals surface area contributed by atoms with Gasteiger partial charge < -0.3 is 19.9 Å². The molecule has 5 rings (SSSR count). The van der Waals surface area contributed by atoms with Crippen molar-refractivity contribution in [1.29, 1.82) is 0 Å². The van der Waals surface area contributed by atoms with E-state index in [-0.39, 0.29) is 23.8 Å². The number of rotatable bonds is 2. The quantitative estimate of drug-likeness (QED) is 0.756. The highest BCUT2D eigenvalue weighted by molar-refractivity contribution is 6.03. The number of nitrogens with one attached hydrogen (secondary N) is 1. The summed E-state index contributed by atoms with van der Waals surface area (Å²) >= 11 is 0. The number of hydrogen-bond acceptors (Lipinski definition) is 4. The molecule has 4 aliphatic heterocycles. The molecule has 3 amide bonds. The summed E-state index contributed by atoms with van der Waals surface area (Å²) in [6.07, 6.45) is 3.82. The van der Waals surface area contributed by atoms with E-state index in [1.807, 2.05) is 44.2 Å². The van der Waals surface area contributed by atoms with Gasteiger partial charge in [-0.1, -0.05) is 18.2 Å². The molecule has 4 heterocycles. The summed E-state index contributed by atoms with van der Waals surface area (Å²) < 4.78 is 6.23. The molecule has 2 bridgehead atoms. The van der Waals surface area contributed by atoms with Crippen molar-refractivity contribution >= 4 is 23.4 Å². The Morgan fingerprint density at radius 1 is 1.21 bits per heavy atom. The number of carbonyl (C=O) groups is 3. The maximum atomic E-state index is 13.5. The zero-order chi connectivity index (χ0) is 20.3. The molecule has 7 heteroatoms. The summed E-state index contributed by atoms with van der Waals surface area (Å²) in [4.78, 5) is 41.9. The number of nitrogens with zero attached hydrogens (tertiary/aromatic N) is 2. The van der Waals surface area contributed by atoms with Gasteiger partial charge in [0.15, 0.2) is 0 Å². The second-order valence-corrected chi connectivity index (χ2v) is 8.52. The topological polar surface area (TPSA) is 79.0 Å². The van der Waals surface area contributed by atoms with Crippen LogP contribution in [0.25, 0.3) is 0 Å². The van der Waals surface area contributed by atoms with Crippen molar-refractivity contribution in [2.24, 2.45) is 11.8 Å². The van der Waals surface area contributed by atoms with Crippen molar-refractivity contribution in [3.63, 3.8) is 0 Å². The van der Waals surface area contributed by atoms with E-state index in [4.69, 9.17) is 4.74 Å². The molecule has 3 saturated heterocycles. The summed E-state index contributed by atoms with van der Waals surface area (Å²) in [6.45, 7) is 5.79. The van der Waals surface area contributed by atoms with Gasteiger partial charge in [-0.3, -0.25) is 14.4 Å². The monoisotopic (exact) mass is 395 g/mol. The van der Waals surface area contributed by atoms with E-state index in [1.165, 1.54) is 5.56 Å². The lowest BCUT2D eigenvalue weighted by molar-refractivity contribution is -0.140. The van der Waals surface area contributed by atoms with Crippen molar-refractivity contribution in [2.45, 2.75) is 32.0 Å². The number of hydrogen-bond donors (Lipinski definition) is 1. The van der Waals surface area contributed by atoms with Gasteiger partial charge in [0.25, 0.3) is 0 Å². The number of ether oxygens (including phenoxy) is 1. The molecule has 1 aromatic rings. The lowest BCUT2D eigenvalue weighted by atomic mass is 9.76. The lowest BCUT2D eigenvalue weighted by Crippen LogP contribution is -2.47. The minimum atomic E-state index is -0.735. The number of benzene rings is 1. The van der Waals surface area contributed by atoms with E-state index in [1.54, 1.807) is 9.80 Å². The summed E-state index contributed by atoms with van der Waals surface area (Å²) in [5.74, 6) is -1.23. The highest BCUT2D eigenvalue weighted by atomic mass is 16.5. The van der Waals surface area contributed by atoms with Crippen LogP contribution >= 0.6 is 0 Å². The zero-order valence-corrected chi connectivity index (χ0v) is 16.7. The standard InChI is InChI=1S/C22H25N3O4/c1-13-3-4-15(11-14(13)2)25-12-22-7-5-16(29-22)18(19(22)21(25)28)20(27)24-9-6-17(26)23-8-10-24/h3-5,7,11,16,18-19H,6,8-10,12H2,1-2H3,(H,23,26)/t16-,18?,19?,22-/m0/s1. The lowest BCUT2D eigenvalue weighted by Gasteiger charge is -2.29. The van der Waals surface area contributed by atoms with Gasteiger partial charge in [-0.05, 0) is 37.1 Å². The molecule has 0 radical (unpaired) electrons. The van der Waals surface area contributed by atoms with Crippen molar-refractivity contribution in [3.8, 4) is 0 Å². The fourth-order valence-electron chi connectivity index (χ4n) is 5.09.